The van der Waals surface area contributed by atoms with Gasteiger partial charge in [0.05, 0.1) is 11.0 Å². The van der Waals surface area contributed by atoms with Gasteiger partial charge in [-0.25, -0.2) is 4.98 Å². The summed E-state index contributed by atoms with van der Waals surface area (Å²) in [6.07, 6.45) is 0. The van der Waals surface area contributed by atoms with Gasteiger partial charge in [-0.05, 0) is 49.2 Å². The maximum absolute atomic E-state index is 6.11. The van der Waals surface area contributed by atoms with Crippen LogP contribution in [-0.2, 0) is 0 Å². The van der Waals surface area contributed by atoms with E-state index >= 15 is 0 Å². The molecule has 0 atom stereocenters. The smallest absolute Gasteiger partial charge is 0.205 e. The van der Waals surface area contributed by atoms with Gasteiger partial charge in [0.2, 0.25) is 5.95 Å². The Morgan fingerprint density at radius 2 is 2.00 bits per heavy atom. The number of rotatable bonds is 2. The fraction of sp³-hybridized carbons (Fsp3) is 0.133. The Morgan fingerprint density at radius 1 is 1.16 bits per heavy atom. The summed E-state index contributed by atoms with van der Waals surface area (Å²) in [6.45, 7) is 4.05. The average molecular weight is 272 g/mol. The maximum atomic E-state index is 6.11. The van der Waals surface area contributed by atoms with Gasteiger partial charge in [0, 0.05) is 10.7 Å². The molecule has 0 saturated carbocycles. The SMILES string of the molecule is Cc1ccc2nc(Nc3cccc(Cl)c3C)[nH]c2c1. The predicted molar refractivity (Wildman–Crippen MR) is 80.3 cm³/mol. The van der Waals surface area contributed by atoms with Crippen LogP contribution in [0.3, 0.4) is 0 Å². The summed E-state index contributed by atoms with van der Waals surface area (Å²) in [7, 11) is 0. The van der Waals surface area contributed by atoms with Crippen LogP contribution in [0.15, 0.2) is 36.4 Å². The lowest BCUT2D eigenvalue weighted by atomic mass is 10.2. The number of anilines is 2. The number of aromatic nitrogens is 2. The third kappa shape index (κ3) is 2.29. The maximum Gasteiger partial charge on any atom is 0.205 e. The second-order valence-electron chi connectivity index (χ2n) is 4.64. The van der Waals surface area contributed by atoms with E-state index in [4.69, 9.17) is 11.6 Å². The standard InChI is InChI=1S/C15H14ClN3/c1-9-6-7-13-14(8-9)19-15(18-13)17-12-5-3-4-11(16)10(12)2/h3-8H,1-2H3,(H2,17,18,19). The summed E-state index contributed by atoms with van der Waals surface area (Å²) in [6, 6.07) is 11.9. The predicted octanol–water partition coefficient (Wildman–Crippen LogP) is 4.58. The van der Waals surface area contributed by atoms with Crippen LogP contribution in [0.1, 0.15) is 11.1 Å². The Labute approximate surface area is 116 Å². The Hall–Kier alpha value is -2.00. The van der Waals surface area contributed by atoms with Crippen LogP contribution in [0, 0.1) is 13.8 Å². The van der Waals surface area contributed by atoms with Gasteiger partial charge in [0.1, 0.15) is 0 Å². The topological polar surface area (TPSA) is 40.7 Å². The van der Waals surface area contributed by atoms with Gasteiger partial charge in [-0.1, -0.05) is 23.7 Å². The summed E-state index contributed by atoms with van der Waals surface area (Å²) in [5, 5.41) is 4.02. The third-order valence-corrected chi connectivity index (χ3v) is 3.57. The number of H-pyrrole nitrogens is 1. The first kappa shape index (κ1) is 12.1. The van der Waals surface area contributed by atoms with E-state index in [9.17, 15) is 0 Å². The molecule has 0 radical (unpaired) electrons. The van der Waals surface area contributed by atoms with E-state index in [0.717, 1.165) is 33.3 Å². The first-order valence-corrected chi connectivity index (χ1v) is 6.50. The summed E-state index contributed by atoms with van der Waals surface area (Å²) >= 11 is 6.11. The number of hydrogen-bond acceptors (Lipinski definition) is 2. The van der Waals surface area contributed by atoms with Crippen molar-refractivity contribution in [2.24, 2.45) is 0 Å². The fourth-order valence-electron chi connectivity index (χ4n) is 2.05. The van der Waals surface area contributed by atoms with Gasteiger partial charge in [-0.3, -0.25) is 0 Å². The number of nitrogens with zero attached hydrogens (tertiary/aromatic N) is 1. The normalized spacial score (nSPS) is 10.9. The first-order chi connectivity index (χ1) is 9.13. The van der Waals surface area contributed by atoms with Crippen molar-refractivity contribution < 1.29 is 0 Å². The highest BCUT2D eigenvalue weighted by Crippen LogP contribution is 2.26. The molecule has 0 unspecified atom stereocenters. The van der Waals surface area contributed by atoms with Crippen LogP contribution in [0.5, 0.6) is 0 Å². The quantitative estimate of drug-likeness (QED) is 0.716. The van der Waals surface area contributed by atoms with Gasteiger partial charge in [-0.2, -0.15) is 0 Å². The van der Waals surface area contributed by atoms with Crippen LogP contribution in [0.4, 0.5) is 11.6 Å². The Bertz CT molecular complexity index is 746. The van der Waals surface area contributed by atoms with Gasteiger partial charge in [-0.15, -0.1) is 0 Å². The zero-order valence-corrected chi connectivity index (χ0v) is 11.5. The van der Waals surface area contributed by atoms with Crippen LogP contribution >= 0.6 is 11.6 Å². The molecule has 1 heterocycles. The summed E-state index contributed by atoms with van der Waals surface area (Å²) < 4.78 is 0. The molecule has 3 rings (SSSR count). The Kier molecular flexibility index (Phi) is 2.91. The second-order valence-corrected chi connectivity index (χ2v) is 5.05. The van der Waals surface area contributed by atoms with Crippen LogP contribution in [-0.4, -0.2) is 9.97 Å². The molecule has 0 aliphatic heterocycles. The van der Waals surface area contributed by atoms with E-state index in [-0.39, 0.29) is 0 Å². The van der Waals surface area contributed by atoms with E-state index in [1.54, 1.807) is 0 Å². The molecule has 0 bridgehead atoms. The lowest BCUT2D eigenvalue weighted by molar-refractivity contribution is 1.29. The number of halogens is 1. The van der Waals surface area contributed by atoms with Crippen molar-refractivity contribution in [2.45, 2.75) is 13.8 Å². The molecule has 3 nitrogen and oxygen atoms in total. The highest BCUT2D eigenvalue weighted by Gasteiger charge is 2.06. The minimum atomic E-state index is 0.728. The molecule has 2 aromatic carbocycles. The number of nitrogens with one attached hydrogen (secondary N) is 2. The zero-order valence-electron chi connectivity index (χ0n) is 10.8. The number of fused-ring (bicyclic) bond motifs is 1. The van der Waals surface area contributed by atoms with Crippen molar-refractivity contribution in [2.75, 3.05) is 5.32 Å². The van der Waals surface area contributed by atoms with Gasteiger partial charge < -0.3 is 10.3 Å². The highest BCUT2D eigenvalue weighted by molar-refractivity contribution is 6.31. The highest BCUT2D eigenvalue weighted by atomic mass is 35.5. The number of benzene rings is 2. The van der Waals surface area contributed by atoms with Crippen LogP contribution in [0.25, 0.3) is 11.0 Å². The molecule has 0 aliphatic rings. The van der Waals surface area contributed by atoms with Crippen LogP contribution < -0.4 is 5.32 Å². The van der Waals surface area contributed by atoms with Gasteiger partial charge in [0.15, 0.2) is 0 Å². The van der Waals surface area contributed by atoms with E-state index in [1.807, 2.05) is 31.2 Å². The largest absolute Gasteiger partial charge is 0.325 e. The molecule has 1 aromatic heterocycles. The molecule has 0 fully saturated rings. The molecule has 19 heavy (non-hydrogen) atoms. The summed E-state index contributed by atoms with van der Waals surface area (Å²) in [5.74, 6) is 0.728. The Morgan fingerprint density at radius 3 is 2.84 bits per heavy atom. The van der Waals surface area contributed by atoms with Crippen molar-refractivity contribution >= 4 is 34.3 Å². The minimum Gasteiger partial charge on any atom is -0.325 e. The van der Waals surface area contributed by atoms with E-state index in [2.05, 4.69) is 34.3 Å². The molecule has 0 aliphatic carbocycles. The van der Waals surface area contributed by atoms with E-state index in [1.165, 1.54) is 5.56 Å². The summed E-state index contributed by atoms with van der Waals surface area (Å²) in [5.41, 5.74) is 5.17. The van der Waals surface area contributed by atoms with Gasteiger partial charge in [0.25, 0.3) is 0 Å². The molecule has 4 heteroatoms. The summed E-state index contributed by atoms with van der Waals surface area (Å²) in [4.78, 5) is 7.78. The lowest BCUT2D eigenvalue weighted by Crippen LogP contribution is -1.94. The van der Waals surface area contributed by atoms with Crippen molar-refractivity contribution in [1.82, 2.24) is 9.97 Å². The van der Waals surface area contributed by atoms with Crippen molar-refractivity contribution in [3.63, 3.8) is 0 Å². The molecule has 0 saturated heterocycles. The minimum absolute atomic E-state index is 0.728. The molecule has 2 N–H and O–H groups in total. The third-order valence-electron chi connectivity index (χ3n) is 3.16. The number of imidazole rings is 1. The lowest BCUT2D eigenvalue weighted by Gasteiger charge is -2.07. The molecule has 0 amide bonds. The molecule has 3 aromatic rings. The van der Waals surface area contributed by atoms with Crippen molar-refractivity contribution in [1.29, 1.82) is 0 Å². The molecular formula is C15H14ClN3. The second kappa shape index (κ2) is 4.59. The van der Waals surface area contributed by atoms with Crippen molar-refractivity contribution in [3.05, 3.63) is 52.5 Å². The first-order valence-electron chi connectivity index (χ1n) is 6.12. The van der Waals surface area contributed by atoms with E-state index < -0.39 is 0 Å². The molecule has 0 spiro atoms. The molecular weight excluding hydrogens is 258 g/mol. The monoisotopic (exact) mass is 271 g/mol. The van der Waals surface area contributed by atoms with E-state index in [0.29, 0.717) is 0 Å². The van der Waals surface area contributed by atoms with Crippen LogP contribution in [0.2, 0.25) is 5.02 Å². The van der Waals surface area contributed by atoms with Gasteiger partial charge >= 0.3 is 0 Å². The fourth-order valence-corrected chi connectivity index (χ4v) is 2.23. The molecule has 96 valence electrons. The number of aromatic amines is 1. The number of hydrogen-bond donors (Lipinski definition) is 2. The van der Waals surface area contributed by atoms with Crippen molar-refractivity contribution in [3.8, 4) is 0 Å². The average Bonchev–Trinajstić information content (AvgIpc) is 2.76. The number of aryl methyl sites for hydroxylation is 1. The Balaban J connectivity index is 1.99. The zero-order chi connectivity index (χ0) is 13.4.